The zero-order chi connectivity index (χ0) is 43.2. The van der Waals surface area contributed by atoms with Crippen molar-refractivity contribution < 1.29 is 8.83 Å². The summed E-state index contributed by atoms with van der Waals surface area (Å²) in [6.07, 6.45) is 0. The Balaban J connectivity index is 1.08. The minimum atomic E-state index is -3.08. The smallest absolute Gasteiger partial charge is 0.179 e. The molecule has 4 nitrogen and oxygen atoms in total. The van der Waals surface area contributed by atoms with Crippen LogP contribution in [0.15, 0.2) is 264 Å². The number of anilines is 6. The first-order chi connectivity index (χ1) is 32.2. The third kappa shape index (κ3) is 6.60. The summed E-state index contributed by atoms with van der Waals surface area (Å²) in [5, 5.41) is 9.54. The van der Waals surface area contributed by atoms with Crippen LogP contribution >= 0.6 is 0 Å². The van der Waals surface area contributed by atoms with Crippen molar-refractivity contribution in [2.45, 2.75) is 0 Å². The lowest BCUT2D eigenvalue weighted by molar-refractivity contribution is 0.668. The standard InChI is InChI=1S/C60H42N2O2Si/c1-5-19-43(20-6-1)61(47-35-37-59-55(41-47)53-31-13-15-33-57(53)63-59)45-23-17-29-51(39-45)65(49-25-9-3-10-26-49,50-27-11-4-12-28-50)52-30-18-24-46(40-52)62(44-21-7-2-8-22-44)48-36-38-60-56(42-48)54-32-14-16-34-58(54)64-60/h1-42H. The molecular weight excluding hydrogens is 809 g/mol. The fourth-order valence-electron chi connectivity index (χ4n) is 9.89. The zero-order valence-electron chi connectivity index (χ0n) is 35.5. The summed E-state index contributed by atoms with van der Waals surface area (Å²) in [5.74, 6) is 0. The number of benzene rings is 10. The number of para-hydroxylation sites is 4. The highest BCUT2D eigenvalue weighted by Gasteiger charge is 2.42. The van der Waals surface area contributed by atoms with Crippen LogP contribution in [0.25, 0.3) is 43.9 Å². The average molecular weight is 851 g/mol. The molecule has 10 aromatic carbocycles. The molecule has 12 rings (SSSR count). The molecule has 0 aliphatic heterocycles. The van der Waals surface area contributed by atoms with Gasteiger partial charge < -0.3 is 18.6 Å². The van der Waals surface area contributed by atoms with Gasteiger partial charge in [-0.25, -0.2) is 0 Å². The van der Waals surface area contributed by atoms with Crippen molar-refractivity contribution in [3.63, 3.8) is 0 Å². The van der Waals surface area contributed by atoms with Crippen LogP contribution in [-0.4, -0.2) is 8.07 Å². The van der Waals surface area contributed by atoms with Crippen molar-refractivity contribution in [3.05, 3.63) is 255 Å². The minimum absolute atomic E-state index is 0.874. The number of fused-ring (bicyclic) bond motifs is 6. The highest BCUT2D eigenvalue weighted by atomic mass is 28.3. The molecule has 0 atom stereocenters. The van der Waals surface area contributed by atoms with E-state index in [-0.39, 0.29) is 0 Å². The molecule has 0 saturated carbocycles. The topological polar surface area (TPSA) is 32.8 Å². The van der Waals surface area contributed by atoms with Crippen molar-refractivity contribution in [3.8, 4) is 0 Å². The molecule has 0 saturated heterocycles. The van der Waals surface area contributed by atoms with Crippen LogP contribution in [0.5, 0.6) is 0 Å². The number of nitrogens with zero attached hydrogens (tertiary/aromatic N) is 2. The van der Waals surface area contributed by atoms with E-state index in [0.717, 1.165) is 78.0 Å². The van der Waals surface area contributed by atoms with Crippen molar-refractivity contribution in [2.75, 3.05) is 9.80 Å². The van der Waals surface area contributed by atoms with Gasteiger partial charge >= 0.3 is 0 Å². The van der Waals surface area contributed by atoms with Crippen LogP contribution in [0.3, 0.4) is 0 Å². The lowest BCUT2D eigenvalue weighted by Gasteiger charge is -2.36. The van der Waals surface area contributed by atoms with Gasteiger partial charge in [-0.2, -0.15) is 0 Å². The third-order valence-electron chi connectivity index (χ3n) is 12.8. The Kier molecular flexibility index (Phi) is 9.47. The molecule has 308 valence electrons. The predicted octanol–water partition coefficient (Wildman–Crippen LogP) is 13.8. The highest BCUT2D eigenvalue weighted by molar-refractivity contribution is 7.20. The van der Waals surface area contributed by atoms with Crippen molar-refractivity contribution >= 4 is 107 Å². The van der Waals surface area contributed by atoms with E-state index in [2.05, 4.69) is 240 Å². The molecule has 0 amide bonds. The monoisotopic (exact) mass is 850 g/mol. The van der Waals surface area contributed by atoms with Gasteiger partial charge in [-0.15, -0.1) is 0 Å². The highest BCUT2D eigenvalue weighted by Crippen LogP contribution is 2.40. The SMILES string of the molecule is c1ccc(N(c2cccc([Si](c3ccccc3)(c3ccccc3)c3cccc(N(c4ccccc4)c4ccc5oc6ccccc6c5c4)c3)c2)c2ccc3oc4ccccc4c3c2)cc1. The van der Waals surface area contributed by atoms with Crippen molar-refractivity contribution in [1.82, 2.24) is 0 Å². The van der Waals surface area contributed by atoms with Gasteiger partial charge in [0.2, 0.25) is 0 Å². The largest absolute Gasteiger partial charge is 0.456 e. The Morgan fingerprint density at radius 1 is 0.231 bits per heavy atom. The molecule has 12 aromatic rings. The van der Waals surface area contributed by atoms with Crippen LogP contribution in [-0.2, 0) is 0 Å². The molecule has 0 spiro atoms. The van der Waals surface area contributed by atoms with Crippen LogP contribution in [0.2, 0.25) is 0 Å². The summed E-state index contributed by atoms with van der Waals surface area (Å²) in [4.78, 5) is 4.76. The quantitative estimate of drug-likeness (QED) is 0.101. The summed E-state index contributed by atoms with van der Waals surface area (Å²) in [6.45, 7) is 0. The molecule has 65 heavy (non-hydrogen) atoms. The van der Waals surface area contributed by atoms with Gasteiger partial charge in [-0.1, -0.05) is 158 Å². The summed E-state index contributed by atoms with van der Waals surface area (Å²) < 4.78 is 12.6. The van der Waals surface area contributed by atoms with Crippen LogP contribution in [0.4, 0.5) is 34.1 Å². The first kappa shape index (κ1) is 38.3. The Bertz CT molecular complexity index is 3380. The molecule has 0 N–H and O–H groups in total. The van der Waals surface area contributed by atoms with E-state index in [0.29, 0.717) is 0 Å². The summed E-state index contributed by atoms with van der Waals surface area (Å²) in [7, 11) is -3.08. The number of furan rings is 2. The molecule has 0 radical (unpaired) electrons. The fraction of sp³-hybridized carbons (Fsp3) is 0. The molecule has 2 aromatic heterocycles. The molecule has 5 heteroatoms. The normalized spacial score (nSPS) is 11.7. The van der Waals surface area contributed by atoms with Crippen LogP contribution in [0, 0.1) is 0 Å². The van der Waals surface area contributed by atoms with Crippen LogP contribution < -0.4 is 30.5 Å². The van der Waals surface area contributed by atoms with Gasteiger partial charge in [-0.05, 0) is 118 Å². The van der Waals surface area contributed by atoms with E-state index in [1.165, 1.54) is 20.7 Å². The maximum atomic E-state index is 6.30. The summed E-state index contributed by atoms with van der Waals surface area (Å²) in [5.41, 5.74) is 9.94. The minimum Gasteiger partial charge on any atom is -0.456 e. The van der Waals surface area contributed by atoms with E-state index >= 15 is 0 Å². The first-order valence-electron chi connectivity index (χ1n) is 22.1. The fourth-order valence-corrected chi connectivity index (χ4v) is 14.7. The Morgan fingerprint density at radius 3 is 0.985 bits per heavy atom. The second-order valence-electron chi connectivity index (χ2n) is 16.5. The molecule has 0 aliphatic carbocycles. The van der Waals surface area contributed by atoms with E-state index < -0.39 is 8.07 Å². The Morgan fingerprint density at radius 2 is 0.554 bits per heavy atom. The average Bonchev–Trinajstić information content (AvgIpc) is 3.94. The van der Waals surface area contributed by atoms with Crippen LogP contribution in [0.1, 0.15) is 0 Å². The lowest BCUT2D eigenvalue weighted by Crippen LogP contribution is -2.74. The van der Waals surface area contributed by atoms with Gasteiger partial charge in [0.1, 0.15) is 22.3 Å². The molecule has 2 heterocycles. The second kappa shape index (κ2) is 16.1. The number of hydrogen-bond acceptors (Lipinski definition) is 4. The van der Waals surface area contributed by atoms with E-state index in [9.17, 15) is 0 Å². The number of hydrogen-bond donors (Lipinski definition) is 0. The maximum Gasteiger partial charge on any atom is 0.179 e. The first-order valence-corrected chi connectivity index (χ1v) is 24.1. The Labute approximate surface area is 378 Å². The van der Waals surface area contributed by atoms with Gasteiger partial charge in [0.25, 0.3) is 0 Å². The Hall–Kier alpha value is -8.38. The molecule has 0 unspecified atom stereocenters. The van der Waals surface area contributed by atoms with Crippen molar-refractivity contribution in [1.29, 1.82) is 0 Å². The van der Waals surface area contributed by atoms with Gasteiger partial charge in [0.15, 0.2) is 8.07 Å². The van der Waals surface area contributed by atoms with E-state index in [4.69, 9.17) is 8.83 Å². The zero-order valence-corrected chi connectivity index (χ0v) is 36.5. The molecule has 0 fully saturated rings. The number of rotatable bonds is 10. The molecule has 0 aliphatic rings. The van der Waals surface area contributed by atoms with Crippen molar-refractivity contribution in [2.24, 2.45) is 0 Å². The van der Waals surface area contributed by atoms with Gasteiger partial charge in [0.05, 0.1) is 0 Å². The molecule has 0 bridgehead atoms. The molecular formula is C60H42N2O2Si. The predicted molar refractivity (Wildman–Crippen MR) is 274 cm³/mol. The van der Waals surface area contributed by atoms with E-state index in [1.807, 2.05) is 24.3 Å². The second-order valence-corrected chi connectivity index (χ2v) is 20.3. The van der Waals surface area contributed by atoms with Gasteiger partial charge in [0, 0.05) is 55.7 Å². The summed E-state index contributed by atoms with van der Waals surface area (Å²) in [6, 6.07) is 91.9. The maximum absolute atomic E-state index is 6.30. The lowest BCUT2D eigenvalue weighted by atomic mass is 10.1. The van der Waals surface area contributed by atoms with E-state index in [1.54, 1.807) is 0 Å². The van der Waals surface area contributed by atoms with Gasteiger partial charge in [-0.3, -0.25) is 0 Å². The summed E-state index contributed by atoms with van der Waals surface area (Å²) >= 11 is 0. The third-order valence-corrected chi connectivity index (χ3v) is 17.5.